The van der Waals surface area contributed by atoms with E-state index in [0.717, 1.165) is 62.4 Å². The molecule has 5 nitrogen and oxygen atoms in total. The Bertz CT molecular complexity index is 1060. The first-order valence-corrected chi connectivity index (χ1v) is 10.5. The summed E-state index contributed by atoms with van der Waals surface area (Å²) in [5, 5.41) is 0. The topological polar surface area (TPSA) is 59.0 Å². The van der Waals surface area contributed by atoms with Gasteiger partial charge in [-0.3, -0.25) is 9.78 Å². The van der Waals surface area contributed by atoms with Crippen LogP contribution in [0.5, 0.6) is 0 Å². The van der Waals surface area contributed by atoms with Crippen molar-refractivity contribution in [3.63, 3.8) is 0 Å². The molecule has 0 bridgehead atoms. The molecule has 2 aliphatic rings. The standard InChI is InChI=1S/C24H23FN4O/c25-18-9-7-16(8-10-18)22(30)17-11-14-29(15-12-17)24-19-4-3-6-20(19)27-23(28-24)21-5-1-2-13-26-21/h1-2,5,7-10,13,17H,3-4,6,11-12,14-15H2. The minimum Gasteiger partial charge on any atom is -0.356 e. The second kappa shape index (κ2) is 7.94. The molecule has 5 rings (SSSR count). The summed E-state index contributed by atoms with van der Waals surface area (Å²) in [6, 6.07) is 11.7. The molecule has 0 atom stereocenters. The number of anilines is 1. The zero-order valence-corrected chi connectivity index (χ0v) is 16.7. The predicted octanol–water partition coefficient (Wildman–Crippen LogP) is 4.27. The quantitative estimate of drug-likeness (QED) is 0.610. The van der Waals surface area contributed by atoms with Crippen LogP contribution in [0.15, 0.2) is 48.7 Å². The molecule has 1 aromatic carbocycles. The fourth-order valence-corrected chi connectivity index (χ4v) is 4.49. The largest absolute Gasteiger partial charge is 0.356 e. The van der Waals surface area contributed by atoms with Gasteiger partial charge in [-0.25, -0.2) is 14.4 Å². The lowest BCUT2D eigenvalue weighted by atomic mass is 9.88. The second-order valence-electron chi connectivity index (χ2n) is 8.00. The number of hydrogen-bond donors (Lipinski definition) is 0. The summed E-state index contributed by atoms with van der Waals surface area (Å²) in [6.07, 6.45) is 6.38. The number of aromatic nitrogens is 3. The number of Topliss-reactive ketones (excluding diaryl/α,β-unsaturated/α-hetero) is 1. The number of benzene rings is 1. The normalized spacial score (nSPS) is 16.5. The van der Waals surface area contributed by atoms with Crippen LogP contribution in [0.25, 0.3) is 11.5 Å². The van der Waals surface area contributed by atoms with Crippen LogP contribution in [0.3, 0.4) is 0 Å². The maximum Gasteiger partial charge on any atom is 0.180 e. The summed E-state index contributed by atoms with van der Waals surface area (Å²) in [5.74, 6) is 1.44. The molecule has 0 saturated carbocycles. The van der Waals surface area contributed by atoms with Crippen molar-refractivity contribution >= 4 is 11.6 Å². The van der Waals surface area contributed by atoms with E-state index in [2.05, 4.69) is 9.88 Å². The number of pyridine rings is 1. The second-order valence-corrected chi connectivity index (χ2v) is 8.00. The molecule has 0 spiro atoms. The zero-order chi connectivity index (χ0) is 20.5. The summed E-state index contributed by atoms with van der Waals surface area (Å²) in [7, 11) is 0. The predicted molar refractivity (Wildman–Crippen MR) is 113 cm³/mol. The lowest BCUT2D eigenvalue weighted by Crippen LogP contribution is -2.37. The van der Waals surface area contributed by atoms with E-state index in [4.69, 9.17) is 9.97 Å². The fourth-order valence-electron chi connectivity index (χ4n) is 4.49. The van der Waals surface area contributed by atoms with Crippen molar-refractivity contribution in [1.82, 2.24) is 15.0 Å². The Labute approximate surface area is 175 Å². The number of halogens is 1. The van der Waals surface area contributed by atoms with Crippen LogP contribution in [0.2, 0.25) is 0 Å². The number of fused-ring (bicyclic) bond motifs is 1. The molecule has 1 aliphatic heterocycles. The Kier molecular flexibility index (Phi) is 4.99. The Morgan fingerprint density at radius 2 is 1.80 bits per heavy atom. The van der Waals surface area contributed by atoms with Crippen LogP contribution < -0.4 is 4.90 Å². The van der Waals surface area contributed by atoms with Gasteiger partial charge < -0.3 is 4.90 Å². The third kappa shape index (κ3) is 3.58. The molecule has 152 valence electrons. The van der Waals surface area contributed by atoms with Gasteiger partial charge in [-0.15, -0.1) is 0 Å². The first-order valence-electron chi connectivity index (χ1n) is 10.5. The van der Waals surface area contributed by atoms with E-state index in [0.29, 0.717) is 11.4 Å². The van der Waals surface area contributed by atoms with E-state index in [-0.39, 0.29) is 17.5 Å². The lowest BCUT2D eigenvalue weighted by Gasteiger charge is -2.33. The summed E-state index contributed by atoms with van der Waals surface area (Å²) >= 11 is 0. The van der Waals surface area contributed by atoms with E-state index in [1.165, 1.54) is 17.7 Å². The molecule has 1 fully saturated rings. The third-order valence-electron chi connectivity index (χ3n) is 6.10. The Morgan fingerprint density at radius 1 is 1.00 bits per heavy atom. The van der Waals surface area contributed by atoms with Gasteiger partial charge in [-0.05, 0) is 68.5 Å². The van der Waals surface area contributed by atoms with Gasteiger partial charge >= 0.3 is 0 Å². The molecule has 6 heteroatoms. The van der Waals surface area contributed by atoms with Crippen molar-refractivity contribution in [3.8, 4) is 11.5 Å². The van der Waals surface area contributed by atoms with Crippen LogP contribution >= 0.6 is 0 Å². The van der Waals surface area contributed by atoms with E-state index in [1.807, 2.05) is 18.2 Å². The lowest BCUT2D eigenvalue weighted by molar-refractivity contribution is 0.0900. The van der Waals surface area contributed by atoms with E-state index in [9.17, 15) is 9.18 Å². The first kappa shape index (κ1) is 18.9. The number of aryl methyl sites for hydroxylation is 1. The summed E-state index contributed by atoms with van der Waals surface area (Å²) in [4.78, 5) is 29.2. The van der Waals surface area contributed by atoms with Gasteiger partial charge in [-0.1, -0.05) is 6.07 Å². The number of carbonyl (C=O) groups excluding carboxylic acids is 1. The van der Waals surface area contributed by atoms with Crippen LogP contribution in [0.1, 0.15) is 40.9 Å². The average molecular weight is 402 g/mol. The number of carbonyl (C=O) groups is 1. The van der Waals surface area contributed by atoms with Crippen molar-refractivity contribution in [2.24, 2.45) is 5.92 Å². The molecule has 0 radical (unpaired) electrons. The monoisotopic (exact) mass is 402 g/mol. The molecule has 0 amide bonds. The summed E-state index contributed by atoms with van der Waals surface area (Å²) in [5.41, 5.74) is 3.76. The molecule has 1 saturated heterocycles. The molecule has 0 N–H and O–H groups in total. The number of rotatable bonds is 4. The van der Waals surface area contributed by atoms with Crippen molar-refractivity contribution < 1.29 is 9.18 Å². The molecule has 2 aromatic heterocycles. The molecule has 0 unspecified atom stereocenters. The molecule has 1 aliphatic carbocycles. The fraction of sp³-hybridized carbons (Fsp3) is 0.333. The molecule has 30 heavy (non-hydrogen) atoms. The van der Waals surface area contributed by atoms with Gasteiger partial charge in [0.15, 0.2) is 11.6 Å². The van der Waals surface area contributed by atoms with Crippen LogP contribution in [0, 0.1) is 11.7 Å². The van der Waals surface area contributed by atoms with E-state index in [1.54, 1.807) is 18.3 Å². The minimum absolute atomic E-state index is 0.0307. The maximum atomic E-state index is 13.2. The smallest absolute Gasteiger partial charge is 0.180 e. The maximum absolute atomic E-state index is 13.2. The van der Waals surface area contributed by atoms with Gasteiger partial charge in [0.25, 0.3) is 0 Å². The van der Waals surface area contributed by atoms with Crippen molar-refractivity contribution in [2.45, 2.75) is 32.1 Å². The third-order valence-corrected chi connectivity index (χ3v) is 6.10. The SMILES string of the molecule is O=C(c1ccc(F)cc1)C1CCN(c2nc(-c3ccccn3)nc3c2CCC3)CC1. The summed E-state index contributed by atoms with van der Waals surface area (Å²) < 4.78 is 13.2. The highest BCUT2D eigenvalue weighted by Gasteiger charge is 2.30. The highest BCUT2D eigenvalue weighted by molar-refractivity contribution is 5.98. The highest BCUT2D eigenvalue weighted by Crippen LogP contribution is 2.33. The zero-order valence-electron chi connectivity index (χ0n) is 16.7. The summed E-state index contributed by atoms with van der Waals surface area (Å²) in [6.45, 7) is 1.56. The van der Waals surface area contributed by atoms with E-state index >= 15 is 0 Å². The molecule has 3 aromatic rings. The number of hydrogen-bond acceptors (Lipinski definition) is 5. The van der Waals surface area contributed by atoms with Crippen LogP contribution in [0.4, 0.5) is 10.2 Å². The van der Waals surface area contributed by atoms with Crippen molar-refractivity contribution in [3.05, 3.63) is 71.3 Å². The van der Waals surface area contributed by atoms with Gasteiger partial charge in [0.05, 0.1) is 0 Å². The minimum atomic E-state index is -0.317. The Morgan fingerprint density at radius 3 is 2.53 bits per heavy atom. The van der Waals surface area contributed by atoms with Crippen LogP contribution in [-0.2, 0) is 12.8 Å². The Hall–Kier alpha value is -3.15. The number of nitrogens with zero attached hydrogens (tertiary/aromatic N) is 4. The molecule has 3 heterocycles. The Balaban J connectivity index is 1.36. The highest BCUT2D eigenvalue weighted by atomic mass is 19.1. The number of ketones is 1. The van der Waals surface area contributed by atoms with Gasteiger partial charge in [0, 0.05) is 42.0 Å². The van der Waals surface area contributed by atoms with Gasteiger partial charge in [0.2, 0.25) is 0 Å². The molecular weight excluding hydrogens is 379 g/mol. The van der Waals surface area contributed by atoms with Crippen LogP contribution in [-0.4, -0.2) is 33.8 Å². The van der Waals surface area contributed by atoms with Gasteiger partial charge in [-0.2, -0.15) is 0 Å². The average Bonchev–Trinajstić information content (AvgIpc) is 3.28. The van der Waals surface area contributed by atoms with Crippen molar-refractivity contribution in [2.75, 3.05) is 18.0 Å². The van der Waals surface area contributed by atoms with E-state index < -0.39 is 0 Å². The van der Waals surface area contributed by atoms with Gasteiger partial charge in [0.1, 0.15) is 17.3 Å². The first-order chi connectivity index (χ1) is 14.7. The molecular formula is C24H23FN4O. The van der Waals surface area contributed by atoms with Crippen molar-refractivity contribution in [1.29, 1.82) is 0 Å². The number of piperidine rings is 1.